The van der Waals surface area contributed by atoms with Gasteiger partial charge in [0, 0.05) is 36.1 Å². The monoisotopic (exact) mass is 357 g/mol. The van der Waals surface area contributed by atoms with E-state index in [1.54, 1.807) is 12.1 Å². The van der Waals surface area contributed by atoms with Crippen LogP contribution in [-0.2, 0) is 16.1 Å². The zero-order valence-corrected chi connectivity index (χ0v) is 14.4. The number of hydrogen-bond donors (Lipinski definition) is 2. The van der Waals surface area contributed by atoms with Crippen LogP contribution in [0.15, 0.2) is 54.6 Å². The van der Waals surface area contributed by atoms with Crippen LogP contribution in [0.4, 0.5) is 5.69 Å². The number of carbonyl (C=O) groups is 2. The molecule has 2 aromatic carbocycles. The van der Waals surface area contributed by atoms with Crippen molar-refractivity contribution in [2.45, 2.75) is 19.1 Å². The molecule has 3 rings (SSSR count). The highest BCUT2D eigenvalue weighted by Gasteiger charge is 2.34. The number of carbonyl (C=O) groups excluding carboxylic acids is 2. The third-order valence-electron chi connectivity index (χ3n) is 4.33. The van der Waals surface area contributed by atoms with Crippen LogP contribution in [0.3, 0.4) is 0 Å². The molecule has 0 bridgehead atoms. The Kier molecular flexibility index (Phi) is 5.56. The summed E-state index contributed by atoms with van der Waals surface area (Å²) in [4.78, 5) is 25.2. The first-order valence-corrected chi connectivity index (χ1v) is 8.57. The topological polar surface area (TPSA) is 61.4 Å². The number of amides is 2. The maximum Gasteiger partial charge on any atom is 0.223 e. The Morgan fingerprint density at radius 2 is 2.00 bits per heavy atom. The number of likely N-dealkylation sites (tertiary alicyclic amines) is 1. The molecule has 0 radical (unpaired) electrons. The summed E-state index contributed by atoms with van der Waals surface area (Å²) in [5, 5.41) is 6.66. The van der Waals surface area contributed by atoms with Gasteiger partial charge in [0.25, 0.3) is 0 Å². The molecule has 2 atom stereocenters. The van der Waals surface area contributed by atoms with Crippen LogP contribution < -0.4 is 10.6 Å². The SMILES string of the molecule is O=CNC(Nc1cccc(Cl)c1)C1CC(=O)N(Cc2ccccc2)C1. The average Bonchev–Trinajstić information content (AvgIpc) is 2.96. The molecule has 1 heterocycles. The van der Waals surface area contributed by atoms with Gasteiger partial charge in [0.2, 0.25) is 12.3 Å². The van der Waals surface area contributed by atoms with Crippen LogP contribution in [0.25, 0.3) is 0 Å². The van der Waals surface area contributed by atoms with Crippen LogP contribution in [0.5, 0.6) is 0 Å². The van der Waals surface area contributed by atoms with Gasteiger partial charge in [0.15, 0.2) is 0 Å². The van der Waals surface area contributed by atoms with Gasteiger partial charge in [0.1, 0.15) is 6.17 Å². The van der Waals surface area contributed by atoms with E-state index in [2.05, 4.69) is 10.6 Å². The molecule has 1 saturated heterocycles. The zero-order valence-electron chi connectivity index (χ0n) is 13.7. The van der Waals surface area contributed by atoms with Crippen LogP contribution in [-0.4, -0.2) is 29.9 Å². The number of hydrogen-bond acceptors (Lipinski definition) is 3. The summed E-state index contributed by atoms with van der Waals surface area (Å²) >= 11 is 6.01. The van der Waals surface area contributed by atoms with Gasteiger partial charge in [-0.1, -0.05) is 48.0 Å². The van der Waals surface area contributed by atoms with Gasteiger partial charge in [-0.2, -0.15) is 0 Å². The normalized spacial score (nSPS) is 18.0. The molecule has 1 fully saturated rings. The number of nitrogens with zero attached hydrogens (tertiary/aromatic N) is 1. The molecular weight excluding hydrogens is 338 g/mol. The van der Waals surface area contributed by atoms with Crippen molar-refractivity contribution in [3.63, 3.8) is 0 Å². The minimum Gasteiger partial charge on any atom is -0.365 e. The molecule has 1 aliphatic rings. The third-order valence-corrected chi connectivity index (χ3v) is 4.56. The van der Waals surface area contributed by atoms with Crippen LogP contribution in [0.1, 0.15) is 12.0 Å². The lowest BCUT2D eigenvalue weighted by molar-refractivity contribution is -0.128. The molecule has 2 N–H and O–H groups in total. The average molecular weight is 358 g/mol. The first kappa shape index (κ1) is 17.3. The van der Waals surface area contributed by atoms with E-state index < -0.39 is 0 Å². The maximum absolute atomic E-state index is 12.4. The lowest BCUT2D eigenvalue weighted by atomic mass is 10.0. The summed E-state index contributed by atoms with van der Waals surface area (Å²) in [5.74, 6) is 0.0832. The Hall–Kier alpha value is -2.53. The number of anilines is 1. The highest BCUT2D eigenvalue weighted by atomic mass is 35.5. The predicted octanol–water partition coefficient (Wildman–Crippen LogP) is 2.87. The van der Waals surface area contributed by atoms with Gasteiger partial charge in [-0.05, 0) is 23.8 Å². The smallest absolute Gasteiger partial charge is 0.223 e. The van der Waals surface area contributed by atoms with Crippen LogP contribution >= 0.6 is 11.6 Å². The van der Waals surface area contributed by atoms with Gasteiger partial charge >= 0.3 is 0 Å². The fraction of sp³-hybridized carbons (Fsp3) is 0.263. The van der Waals surface area contributed by atoms with Crippen molar-refractivity contribution in [2.75, 3.05) is 11.9 Å². The molecule has 5 nitrogen and oxygen atoms in total. The summed E-state index contributed by atoms with van der Waals surface area (Å²) in [6.07, 6.45) is 0.721. The molecule has 2 unspecified atom stereocenters. The Morgan fingerprint density at radius 3 is 2.72 bits per heavy atom. The van der Waals surface area contributed by atoms with Crippen molar-refractivity contribution in [2.24, 2.45) is 5.92 Å². The highest BCUT2D eigenvalue weighted by Crippen LogP contribution is 2.25. The van der Waals surface area contributed by atoms with E-state index >= 15 is 0 Å². The van der Waals surface area contributed by atoms with Crippen LogP contribution in [0, 0.1) is 5.92 Å². The summed E-state index contributed by atoms with van der Waals surface area (Å²) in [5.41, 5.74) is 1.90. The predicted molar refractivity (Wildman–Crippen MR) is 98.0 cm³/mol. The second-order valence-electron chi connectivity index (χ2n) is 6.14. The molecule has 0 aliphatic carbocycles. The third kappa shape index (κ3) is 4.51. The van der Waals surface area contributed by atoms with Crippen molar-refractivity contribution < 1.29 is 9.59 Å². The minimum atomic E-state index is -0.333. The molecule has 2 amide bonds. The molecular formula is C19H20ClN3O2. The Balaban J connectivity index is 1.68. The number of benzene rings is 2. The summed E-state index contributed by atoms with van der Waals surface area (Å²) in [6.45, 7) is 1.17. The fourth-order valence-electron chi connectivity index (χ4n) is 3.11. The van der Waals surface area contributed by atoms with E-state index in [1.807, 2.05) is 47.4 Å². The fourth-order valence-corrected chi connectivity index (χ4v) is 3.30. The van der Waals surface area contributed by atoms with Crippen LogP contribution in [0.2, 0.25) is 5.02 Å². The number of halogens is 1. The number of rotatable bonds is 7. The Morgan fingerprint density at radius 1 is 1.20 bits per heavy atom. The molecule has 6 heteroatoms. The summed E-state index contributed by atoms with van der Waals surface area (Å²) in [6, 6.07) is 17.2. The molecule has 1 aliphatic heterocycles. The van der Waals surface area contributed by atoms with Crippen molar-refractivity contribution in [3.8, 4) is 0 Å². The number of nitrogens with one attached hydrogen (secondary N) is 2. The molecule has 0 aromatic heterocycles. The molecule has 0 saturated carbocycles. The Labute approximate surface area is 152 Å². The van der Waals surface area contributed by atoms with Gasteiger partial charge < -0.3 is 15.5 Å². The zero-order chi connectivity index (χ0) is 17.6. The molecule has 25 heavy (non-hydrogen) atoms. The Bertz CT molecular complexity index is 738. The van der Waals surface area contributed by atoms with E-state index in [4.69, 9.17) is 11.6 Å². The lowest BCUT2D eigenvalue weighted by Gasteiger charge is -2.25. The largest absolute Gasteiger partial charge is 0.365 e. The lowest BCUT2D eigenvalue weighted by Crippen LogP contribution is -2.43. The van der Waals surface area contributed by atoms with E-state index in [1.165, 1.54) is 0 Å². The maximum atomic E-state index is 12.4. The minimum absolute atomic E-state index is 0.0135. The van der Waals surface area contributed by atoms with Gasteiger partial charge in [-0.3, -0.25) is 9.59 Å². The van der Waals surface area contributed by atoms with E-state index in [-0.39, 0.29) is 18.0 Å². The standard InChI is InChI=1S/C19H20ClN3O2/c20-16-7-4-8-17(10-16)22-19(21-13-24)15-9-18(25)23(12-15)11-14-5-2-1-3-6-14/h1-8,10,13,15,19,22H,9,11-12H2,(H,21,24). The second kappa shape index (κ2) is 8.03. The molecule has 130 valence electrons. The molecule has 0 spiro atoms. The van der Waals surface area contributed by atoms with Gasteiger partial charge in [-0.25, -0.2) is 0 Å². The second-order valence-corrected chi connectivity index (χ2v) is 6.58. The van der Waals surface area contributed by atoms with E-state index in [0.717, 1.165) is 11.3 Å². The van der Waals surface area contributed by atoms with Crippen molar-refractivity contribution in [3.05, 3.63) is 65.2 Å². The first-order valence-electron chi connectivity index (χ1n) is 8.19. The quantitative estimate of drug-likeness (QED) is 0.591. The summed E-state index contributed by atoms with van der Waals surface area (Å²) in [7, 11) is 0. The van der Waals surface area contributed by atoms with Gasteiger partial charge in [-0.15, -0.1) is 0 Å². The van der Waals surface area contributed by atoms with E-state index in [0.29, 0.717) is 30.9 Å². The van der Waals surface area contributed by atoms with Crippen molar-refractivity contribution in [1.82, 2.24) is 10.2 Å². The van der Waals surface area contributed by atoms with Crippen molar-refractivity contribution in [1.29, 1.82) is 0 Å². The first-order chi connectivity index (χ1) is 12.2. The van der Waals surface area contributed by atoms with Gasteiger partial charge in [0.05, 0.1) is 0 Å². The van der Waals surface area contributed by atoms with Crippen molar-refractivity contribution >= 4 is 29.6 Å². The molecule has 2 aromatic rings. The summed E-state index contributed by atoms with van der Waals surface area (Å²) < 4.78 is 0. The highest BCUT2D eigenvalue weighted by molar-refractivity contribution is 6.30. The van der Waals surface area contributed by atoms with E-state index in [9.17, 15) is 9.59 Å².